The normalized spacial score (nSPS) is 20.6. The summed E-state index contributed by atoms with van der Waals surface area (Å²) < 4.78 is 6.24. The van der Waals surface area contributed by atoms with Gasteiger partial charge in [-0.1, -0.05) is 6.42 Å². The molecule has 9 heteroatoms. The van der Waals surface area contributed by atoms with Crippen molar-refractivity contribution < 1.29 is 14.3 Å². The standard InChI is InChI=1S/C28H33N5O3S/c1-17-15-20(36-19-8-4-3-5-9-19)10-11-21(17)33-22-12-13-29-27-23(22)24(31-28(33)35)25(37-27)26(34)30-18-7-6-14-32(2)16-18/h10-13,15,18-19H,3-9,14,16H2,1-2H3,(H,30,34)(H,31,35). The van der Waals surface area contributed by atoms with Gasteiger partial charge in [0, 0.05) is 18.8 Å². The van der Waals surface area contributed by atoms with Crippen molar-refractivity contribution in [1.82, 2.24) is 15.2 Å². The highest BCUT2D eigenvalue weighted by molar-refractivity contribution is 7.21. The number of nitrogens with zero attached hydrogens (tertiary/aromatic N) is 3. The maximum atomic E-state index is 13.5. The van der Waals surface area contributed by atoms with Gasteiger partial charge in [0.1, 0.15) is 15.5 Å². The van der Waals surface area contributed by atoms with Crippen LogP contribution in [0.1, 0.15) is 60.2 Å². The molecule has 2 aromatic heterocycles. The van der Waals surface area contributed by atoms with Crippen LogP contribution >= 0.6 is 11.3 Å². The van der Waals surface area contributed by atoms with Crippen molar-refractivity contribution >= 4 is 50.6 Å². The molecule has 3 aromatic rings. The zero-order chi connectivity index (χ0) is 25.5. The summed E-state index contributed by atoms with van der Waals surface area (Å²) in [7, 11) is 2.07. The number of pyridine rings is 1. The second kappa shape index (κ2) is 9.95. The molecule has 8 nitrogen and oxygen atoms in total. The Kier molecular flexibility index (Phi) is 6.50. The summed E-state index contributed by atoms with van der Waals surface area (Å²) in [6.07, 6.45) is 9.90. The van der Waals surface area contributed by atoms with Crippen molar-refractivity contribution in [3.05, 3.63) is 40.9 Å². The van der Waals surface area contributed by atoms with Crippen LogP contribution in [0.25, 0.3) is 10.2 Å². The minimum absolute atomic E-state index is 0.101. The number of hydrogen-bond donors (Lipinski definition) is 2. The number of carbonyl (C=O) groups is 2. The number of rotatable bonds is 5. The first-order valence-electron chi connectivity index (χ1n) is 13.3. The minimum Gasteiger partial charge on any atom is -0.490 e. The number of likely N-dealkylation sites (N-methyl/N-ethyl adjacent to an activating group) is 1. The van der Waals surface area contributed by atoms with Crippen LogP contribution in [0.3, 0.4) is 0 Å². The smallest absolute Gasteiger partial charge is 0.331 e. The molecule has 1 saturated carbocycles. The Morgan fingerprint density at radius 3 is 2.76 bits per heavy atom. The first kappa shape index (κ1) is 24.2. The average molecular weight is 520 g/mol. The van der Waals surface area contributed by atoms with Crippen molar-refractivity contribution in [3.8, 4) is 5.75 Å². The third-order valence-electron chi connectivity index (χ3n) is 7.68. The molecule has 1 saturated heterocycles. The molecule has 2 aliphatic heterocycles. The third kappa shape index (κ3) is 4.66. The number of anilines is 3. The number of carbonyl (C=O) groups excluding carboxylic acids is 2. The van der Waals surface area contributed by atoms with Gasteiger partial charge in [-0.2, -0.15) is 0 Å². The lowest BCUT2D eigenvalue weighted by atomic mass is 9.98. The molecular formula is C28H33N5O3S. The first-order chi connectivity index (χ1) is 18.0. The van der Waals surface area contributed by atoms with Crippen LogP contribution < -0.4 is 20.3 Å². The fourth-order valence-electron chi connectivity index (χ4n) is 5.85. The number of amides is 3. The van der Waals surface area contributed by atoms with E-state index in [0.29, 0.717) is 10.6 Å². The summed E-state index contributed by atoms with van der Waals surface area (Å²) in [5.74, 6) is 0.687. The Hall–Kier alpha value is -3.17. The molecule has 194 valence electrons. The molecule has 2 N–H and O–H groups in total. The maximum absolute atomic E-state index is 13.5. The quantitative estimate of drug-likeness (QED) is 0.443. The summed E-state index contributed by atoms with van der Waals surface area (Å²) in [5.41, 5.74) is 3.03. The third-order valence-corrected chi connectivity index (χ3v) is 8.77. The zero-order valence-corrected chi connectivity index (χ0v) is 22.2. The van der Waals surface area contributed by atoms with E-state index < -0.39 is 0 Å². The monoisotopic (exact) mass is 519 g/mol. The van der Waals surface area contributed by atoms with Crippen molar-refractivity contribution in [2.24, 2.45) is 0 Å². The highest BCUT2D eigenvalue weighted by Crippen LogP contribution is 2.46. The Morgan fingerprint density at radius 2 is 1.97 bits per heavy atom. The van der Waals surface area contributed by atoms with Gasteiger partial charge in [0.25, 0.3) is 5.91 Å². The van der Waals surface area contributed by atoms with Crippen LogP contribution in [0.4, 0.5) is 21.9 Å². The van der Waals surface area contributed by atoms with E-state index in [1.54, 1.807) is 11.1 Å². The van der Waals surface area contributed by atoms with Crippen LogP contribution in [0, 0.1) is 6.92 Å². The summed E-state index contributed by atoms with van der Waals surface area (Å²) in [5, 5.41) is 6.99. The highest BCUT2D eigenvalue weighted by atomic mass is 32.1. The number of aryl methyl sites for hydroxylation is 1. The lowest BCUT2D eigenvalue weighted by molar-refractivity contribution is 0.0917. The molecular weight excluding hydrogens is 486 g/mol. The van der Waals surface area contributed by atoms with E-state index in [-0.39, 0.29) is 24.1 Å². The fraction of sp³-hybridized carbons (Fsp3) is 0.464. The highest BCUT2D eigenvalue weighted by Gasteiger charge is 2.34. The second-order valence-electron chi connectivity index (χ2n) is 10.5. The Bertz CT molecular complexity index is 1350. The van der Waals surface area contributed by atoms with Crippen molar-refractivity contribution in [1.29, 1.82) is 0 Å². The number of nitrogens with one attached hydrogen (secondary N) is 2. The molecule has 3 aliphatic rings. The van der Waals surface area contributed by atoms with Crippen LogP contribution in [0.15, 0.2) is 30.5 Å². The number of benzene rings is 1. The number of urea groups is 1. The number of hydrogen-bond acceptors (Lipinski definition) is 6. The van der Waals surface area contributed by atoms with Gasteiger partial charge in [-0.05, 0) is 88.9 Å². The number of aromatic nitrogens is 1. The van der Waals surface area contributed by atoms with Gasteiger partial charge in [-0.15, -0.1) is 11.3 Å². The van der Waals surface area contributed by atoms with Gasteiger partial charge in [-0.3, -0.25) is 9.69 Å². The lowest BCUT2D eigenvalue weighted by Crippen LogP contribution is -2.46. The predicted molar refractivity (Wildman–Crippen MR) is 147 cm³/mol. The second-order valence-corrected chi connectivity index (χ2v) is 11.5. The largest absolute Gasteiger partial charge is 0.490 e. The van der Waals surface area contributed by atoms with E-state index in [4.69, 9.17) is 4.74 Å². The van der Waals surface area contributed by atoms with Crippen LogP contribution in [-0.4, -0.2) is 54.1 Å². The molecule has 1 aromatic carbocycles. The number of piperidine rings is 1. The van der Waals surface area contributed by atoms with E-state index in [9.17, 15) is 9.59 Å². The van der Waals surface area contributed by atoms with Gasteiger partial charge in [-0.25, -0.2) is 9.78 Å². The Labute approximate surface area is 221 Å². The SMILES string of the molecule is Cc1cc(OC2CCCCC2)ccc1N1C(=O)Nc2c(C(=O)NC3CCCN(C)C3)sc3nccc1c23. The molecule has 0 radical (unpaired) electrons. The topological polar surface area (TPSA) is 86.8 Å². The fourth-order valence-corrected chi connectivity index (χ4v) is 6.87. The number of ether oxygens (including phenoxy) is 1. The molecule has 0 spiro atoms. The predicted octanol–water partition coefficient (Wildman–Crippen LogP) is 5.82. The van der Waals surface area contributed by atoms with E-state index in [2.05, 4.69) is 27.6 Å². The number of thiophene rings is 1. The zero-order valence-electron chi connectivity index (χ0n) is 21.4. The molecule has 6 rings (SSSR count). The molecule has 4 heterocycles. The molecule has 0 bridgehead atoms. The van der Waals surface area contributed by atoms with Crippen molar-refractivity contribution in [2.45, 2.75) is 64.0 Å². The summed E-state index contributed by atoms with van der Waals surface area (Å²) in [6, 6.07) is 7.58. The average Bonchev–Trinajstić information content (AvgIpc) is 3.25. The minimum atomic E-state index is -0.283. The van der Waals surface area contributed by atoms with Crippen LogP contribution in [0.5, 0.6) is 5.75 Å². The van der Waals surface area contributed by atoms with Gasteiger partial charge in [0.2, 0.25) is 0 Å². The molecule has 3 amide bonds. The van der Waals surface area contributed by atoms with E-state index in [0.717, 1.165) is 71.7 Å². The van der Waals surface area contributed by atoms with E-state index in [1.807, 2.05) is 31.2 Å². The molecule has 2 fully saturated rings. The van der Waals surface area contributed by atoms with Crippen LogP contribution in [-0.2, 0) is 0 Å². The van der Waals surface area contributed by atoms with Gasteiger partial charge >= 0.3 is 6.03 Å². The van der Waals surface area contributed by atoms with Gasteiger partial charge < -0.3 is 20.3 Å². The van der Waals surface area contributed by atoms with E-state index in [1.165, 1.54) is 30.6 Å². The summed E-state index contributed by atoms with van der Waals surface area (Å²) >= 11 is 1.33. The first-order valence-corrected chi connectivity index (χ1v) is 14.1. The molecule has 1 atom stereocenters. The van der Waals surface area contributed by atoms with Crippen molar-refractivity contribution in [2.75, 3.05) is 30.4 Å². The molecule has 1 unspecified atom stereocenters. The Morgan fingerprint density at radius 1 is 1.14 bits per heavy atom. The molecule has 37 heavy (non-hydrogen) atoms. The number of likely N-dealkylation sites (tertiary alicyclic amines) is 1. The van der Waals surface area contributed by atoms with Crippen LogP contribution in [0.2, 0.25) is 0 Å². The molecule has 1 aliphatic carbocycles. The van der Waals surface area contributed by atoms with Crippen molar-refractivity contribution in [3.63, 3.8) is 0 Å². The summed E-state index contributed by atoms with van der Waals surface area (Å²) in [6.45, 7) is 3.88. The van der Waals surface area contributed by atoms with E-state index >= 15 is 0 Å². The Balaban J connectivity index is 1.30. The van der Waals surface area contributed by atoms with Gasteiger partial charge in [0.05, 0.1) is 28.6 Å². The summed E-state index contributed by atoms with van der Waals surface area (Å²) in [4.78, 5) is 36.5. The van der Waals surface area contributed by atoms with Gasteiger partial charge in [0.15, 0.2) is 0 Å². The lowest BCUT2D eigenvalue weighted by Gasteiger charge is -2.31. The maximum Gasteiger partial charge on any atom is 0.331 e.